The van der Waals surface area contributed by atoms with E-state index in [0.29, 0.717) is 17.9 Å². The van der Waals surface area contributed by atoms with Gasteiger partial charge in [0.2, 0.25) is 0 Å². The van der Waals surface area contributed by atoms with Crippen molar-refractivity contribution in [3.8, 4) is 0 Å². The predicted molar refractivity (Wildman–Crippen MR) is 110 cm³/mol. The molecule has 0 radical (unpaired) electrons. The molecule has 0 aromatic heterocycles. The highest BCUT2D eigenvalue weighted by Gasteiger charge is 2.24. The van der Waals surface area contributed by atoms with Crippen molar-refractivity contribution in [2.45, 2.75) is 96.8 Å². The van der Waals surface area contributed by atoms with Crippen LogP contribution in [0.3, 0.4) is 0 Å². The van der Waals surface area contributed by atoms with Crippen molar-refractivity contribution >= 4 is 0 Å². The first kappa shape index (κ1) is 21.7. The van der Waals surface area contributed by atoms with Gasteiger partial charge in [-0.3, -0.25) is 0 Å². The van der Waals surface area contributed by atoms with Gasteiger partial charge in [0.05, 0.1) is 0 Å². The standard InChI is InChI=1S/C25H37F3/c1-2-3-18-4-6-19(7-5-18)8-9-20-10-12-21(13-11-20)14-15-22-16-23(26)25(28)24(27)17-22/h16-21H,2-15H2,1H3/t18-,19-,20?,21?. The normalized spacial score (nSPS) is 28.4. The van der Waals surface area contributed by atoms with Gasteiger partial charge >= 0.3 is 0 Å². The van der Waals surface area contributed by atoms with Crippen LogP contribution in [0.5, 0.6) is 0 Å². The summed E-state index contributed by atoms with van der Waals surface area (Å²) in [7, 11) is 0. The second kappa shape index (κ2) is 10.7. The van der Waals surface area contributed by atoms with Gasteiger partial charge in [-0.2, -0.15) is 0 Å². The molecule has 0 saturated heterocycles. The van der Waals surface area contributed by atoms with Crippen molar-refractivity contribution < 1.29 is 13.2 Å². The van der Waals surface area contributed by atoms with E-state index < -0.39 is 17.5 Å². The topological polar surface area (TPSA) is 0 Å². The van der Waals surface area contributed by atoms with E-state index in [4.69, 9.17) is 0 Å². The lowest BCUT2D eigenvalue weighted by atomic mass is 9.74. The van der Waals surface area contributed by atoms with E-state index in [1.165, 1.54) is 77.0 Å². The lowest BCUT2D eigenvalue weighted by molar-refractivity contribution is 0.209. The lowest BCUT2D eigenvalue weighted by Crippen LogP contribution is -2.18. The van der Waals surface area contributed by atoms with Crippen LogP contribution in [0.4, 0.5) is 13.2 Å². The maximum Gasteiger partial charge on any atom is 0.194 e. The minimum atomic E-state index is -1.36. The molecule has 1 aromatic rings. The second-order valence-electron chi connectivity index (χ2n) is 9.55. The Morgan fingerprint density at radius 3 is 1.46 bits per heavy atom. The maximum atomic E-state index is 13.3. The number of aryl methyl sites for hydroxylation is 1. The average molecular weight is 395 g/mol. The first-order chi connectivity index (χ1) is 13.5. The molecular weight excluding hydrogens is 357 g/mol. The largest absolute Gasteiger partial charge is 0.204 e. The fourth-order valence-corrected chi connectivity index (χ4v) is 5.62. The van der Waals surface area contributed by atoms with E-state index in [9.17, 15) is 13.2 Å². The highest BCUT2D eigenvalue weighted by molar-refractivity contribution is 5.19. The molecule has 0 N–H and O–H groups in total. The number of halogens is 3. The molecule has 28 heavy (non-hydrogen) atoms. The molecule has 0 amide bonds. The van der Waals surface area contributed by atoms with E-state index in [0.717, 1.165) is 36.3 Å². The second-order valence-corrected chi connectivity index (χ2v) is 9.55. The van der Waals surface area contributed by atoms with E-state index >= 15 is 0 Å². The summed E-state index contributed by atoms with van der Waals surface area (Å²) in [5.74, 6) is 0.00376. The van der Waals surface area contributed by atoms with E-state index in [1.807, 2.05) is 0 Å². The first-order valence-electron chi connectivity index (χ1n) is 11.7. The summed E-state index contributed by atoms with van der Waals surface area (Å²) < 4.78 is 39.7. The summed E-state index contributed by atoms with van der Waals surface area (Å²) in [5.41, 5.74) is 0.581. The number of hydrogen-bond acceptors (Lipinski definition) is 0. The molecule has 0 unspecified atom stereocenters. The zero-order valence-corrected chi connectivity index (χ0v) is 17.5. The Balaban J connectivity index is 1.32. The fraction of sp³-hybridized carbons (Fsp3) is 0.760. The Morgan fingerprint density at radius 1 is 0.643 bits per heavy atom. The first-order valence-corrected chi connectivity index (χ1v) is 11.7. The highest BCUT2D eigenvalue weighted by Crippen LogP contribution is 2.38. The van der Waals surface area contributed by atoms with Crippen molar-refractivity contribution in [1.29, 1.82) is 0 Å². The molecule has 0 spiro atoms. The van der Waals surface area contributed by atoms with Crippen LogP contribution in [0, 0.1) is 41.1 Å². The molecule has 0 nitrogen and oxygen atoms in total. The minimum Gasteiger partial charge on any atom is -0.204 e. The zero-order valence-electron chi connectivity index (χ0n) is 17.5. The van der Waals surface area contributed by atoms with Crippen molar-refractivity contribution in [2.24, 2.45) is 23.7 Å². The van der Waals surface area contributed by atoms with E-state index in [1.54, 1.807) is 0 Å². The summed E-state index contributed by atoms with van der Waals surface area (Å²) in [6.07, 6.45) is 18.1. The third-order valence-electron chi connectivity index (χ3n) is 7.50. The molecule has 0 heterocycles. The molecule has 3 rings (SSSR count). The van der Waals surface area contributed by atoms with Gasteiger partial charge in [0.15, 0.2) is 17.5 Å². The fourth-order valence-electron chi connectivity index (χ4n) is 5.62. The Kier molecular flexibility index (Phi) is 8.29. The Labute approximate surface area is 169 Å². The molecule has 158 valence electrons. The number of hydrogen-bond donors (Lipinski definition) is 0. The van der Waals surface area contributed by atoms with Crippen molar-refractivity contribution in [2.75, 3.05) is 0 Å². The third kappa shape index (κ3) is 6.26. The Bertz CT molecular complexity index is 573. The summed E-state index contributed by atoms with van der Waals surface area (Å²) in [6, 6.07) is 2.30. The van der Waals surface area contributed by atoms with Gasteiger partial charge < -0.3 is 0 Å². The van der Waals surface area contributed by atoms with Crippen LogP contribution >= 0.6 is 0 Å². The van der Waals surface area contributed by atoms with Gasteiger partial charge in [0, 0.05) is 0 Å². The van der Waals surface area contributed by atoms with Gasteiger partial charge in [-0.05, 0) is 54.2 Å². The molecule has 2 aliphatic rings. The Hall–Kier alpha value is -0.990. The van der Waals surface area contributed by atoms with Crippen LogP contribution in [0.2, 0.25) is 0 Å². The van der Waals surface area contributed by atoms with Gasteiger partial charge in [0.1, 0.15) is 0 Å². The van der Waals surface area contributed by atoms with Crippen LogP contribution in [0.25, 0.3) is 0 Å². The number of benzene rings is 1. The van der Waals surface area contributed by atoms with Gasteiger partial charge in [-0.25, -0.2) is 13.2 Å². The number of rotatable bonds is 8. The smallest absolute Gasteiger partial charge is 0.194 e. The molecule has 0 bridgehead atoms. The molecule has 2 aliphatic carbocycles. The summed E-state index contributed by atoms with van der Waals surface area (Å²) in [4.78, 5) is 0. The monoisotopic (exact) mass is 394 g/mol. The average Bonchev–Trinajstić information content (AvgIpc) is 2.71. The molecule has 3 heteroatoms. The minimum absolute atomic E-state index is 0.581. The van der Waals surface area contributed by atoms with Crippen molar-refractivity contribution in [3.63, 3.8) is 0 Å². The molecule has 0 aliphatic heterocycles. The summed E-state index contributed by atoms with van der Waals surface area (Å²) >= 11 is 0. The van der Waals surface area contributed by atoms with E-state index in [2.05, 4.69) is 6.92 Å². The molecule has 0 atom stereocenters. The van der Waals surface area contributed by atoms with Crippen LogP contribution in [-0.4, -0.2) is 0 Å². The molecule has 1 aromatic carbocycles. The quantitative estimate of drug-likeness (QED) is 0.390. The molecule has 2 saturated carbocycles. The highest BCUT2D eigenvalue weighted by atomic mass is 19.2. The third-order valence-corrected chi connectivity index (χ3v) is 7.50. The van der Waals surface area contributed by atoms with Crippen molar-refractivity contribution in [3.05, 3.63) is 35.1 Å². The molecule has 2 fully saturated rings. The Morgan fingerprint density at radius 2 is 1.04 bits per heavy atom. The summed E-state index contributed by atoms with van der Waals surface area (Å²) in [6.45, 7) is 2.30. The van der Waals surface area contributed by atoms with Crippen molar-refractivity contribution in [1.82, 2.24) is 0 Å². The van der Waals surface area contributed by atoms with Crippen LogP contribution in [0.15, 0.2) is 12.1 Å². The lowest BCUT2D eigenvalue weighted by Gasteiger charge is -2.32. The van der Waals surface area contributed by atoms with E-state index in [-0.39, 0.29) is 0 Å². The molecular formula is C25H37F3. The van der Waals surface area contributed by atoms with Crippen LogP contribution in [0.1, 0.15) is 96.0 Å². The zero-order chi connectivity index (χ0) is 19.9. The van der Waals surface area contributed by atoms with Gasteiger partial charge in [0.25, 0.3) is 0 Å². The summed E-state index contributed by atoms with van der Waals surface area (Å²) in [5, 5.41) is 0. The maximum absolute atomic E-state index is 13.3. The van der Waals surface area contributed by atoms with Crippen LogP contribution < -0.4 is 0 Å². The van der Waals surface area contributed by atoms with Gasteiger partial charge in [-0.15, -0.1) is 0 Å². The van der Waals surface area contributed by atoms with Gasteiger partial charge in [-0.1, -0.05) is 84.0 Å². The van der Waals surface area contributed by atoms with Crippen LogP contribution in [-0.2, 0) is 6.42 Å². The SMILES string of the molecule is CCC[C@H]1CC[C@H](CCC2CCC(CCc3cc(F)c(F)c(F)c3)CC2)CC1. The predicted octanol–water partition coefficient (Wildman–Crippen LogP) is 8.23.